The van der Waals surface area contributed by atoms with Gasteiger partial charge in [-0.3, -0.25) is 9.59 Å². The summed E-state index contributed by atoms with van der Waals surface area (Å²) in [6, 6.07) is 8.28. The molecule has 0 bridgehead atoms. The minimum Gasteiger partial charge on any atom is -0.322 e. The summed E-state index contributed by atoms with van der Waals surface area (Å²) >= 11 is 11.7. The van der Waals surface area contributed by atoms with Crippen LogP contribution in [-0.4, -0.2) is 18.0 Å². The summed E-state index contributed by atoms with van der Waals surface area (Å²) in [5, 5.41) is 4.75. The zero-order valence-corrected chi connectivity index (χ0v) is 14.2. The lowest BCUT2D eigenvalue weighted by Gasteiger charge is -2.13. The summed E-state index contributed by atoms with van der Waals surface area (Å²) in [7, 11) is 0. The van der Waals surface area contributed by atoms with Gasteiger partial charge in [-0.1, -0.05) is 29.3 Å². The molecule has 0 aliphatic heterocycles. The largest absolute Gasteiger partial charge is 0.471 e. The maximum Gasteiger partial charge on any atom is 0.471 e. The molecule has 2 rings (SSSR count). The second kappa shape index (κ2) is 7.33. The van der Waals surface area contributed by atoms with Crippen LogP contribution in [0.5, 0.6) is 0 Å². The van der Waals surface area contributed by atoms with Crippen molar-refractivity contribution in [2.45, 2.75) is 13.1 Å². The van der Waals surface area contributed by atoms with E-state index in [2.05, 4.69) is 5.32 Å². The first kappa shape index (κ1) is 19.1. The van der Waals surface area contributed by atoms with E-state index in [1.54, 1.807) is 12.2 Å². The molecule has 0 saturated carbocycles. The molecule has 2 N–H and O–H groups in total. The summed E-state index contributed by atoms with van der Waals surface area (Å²) in [4.78, 5) is 23.3. The van der Waals surface area contributed by atoms with E-state index in [-0.39, 0.29) is 22.0 Å². The maximum absolute atomic E-state index is 12.3. The number of alkyl halides is 3. The van der Waals surface area contributed by atoms with Gasteiger partial charge in [0.15, 0.2) is 0 Å². The lowest BCUT2D eigenvalue weighted by atomic mass is 10.1. The lowest BCUT2D eigenvalue weighted by molar-refractivity contribution is -0.167. The molecule has 0 fully saturated rings. The Hall–Kier alpha value is -2.25. The molecule has 2 aromatic carbocycles. The fourth-order valence-corrected chi connectivity index (χ4v) is 2.39. The Morgan fingerprint density at radius 3 is 2.28 bits per heavy atom. The third-order valence-corrected chi connectivity index (χ3v) is 3.72. The predicted molar refractivity (Wildman–Crippen MR) is 90.3 cm³/mol. The van der Waals surface area contributed by atoms with E-state index in [0.29, 0.717) is 10.6 Å². The first-order valence-electron chi connectivity index (χ1n) is 6.83. The Labute approximate surface area is 150 Å². The summed E-state index contributed by atoms with van der Waals surface area (Å²) in [6.07, 6.45) is -5.01. The quantitative estimate of drug-likeness (QED) is 0.769. The highest BCUT2D eigenvalue weighted by Gasteiger charge is 2.38. The molecule has 0 atom stereocenters. The summed E-state index contributed by atoms with van der Waals surface area (Å²) in [6.45, 7) is 1.65. The number of amides is 2. The van der Waals surface area contributed by atoms with Crippen LogP contribution in [0.2, 0.25) is 10.0 Å². The first-order chi connectivity index (χ1) is 11.6. The smallest absolute Gasteiger partial charge is 0.322 e. The molecule has 25 heavy (non-hydrogen) atoms. The Morgan fingerprint density at radius 2 is 1.68 bits per heavy atom. The highest BCUT2D eigenvalue weighted by atomic mass is 35.5. The van der Waals surface area contributed by atoms with E-state index in [0.717, 1.165) is 0 Å². The van der Waals surface area contributed by atoms with Crippen molar-refractivity contribution in [1.82, 2.24) is 0 Å². The molecule has 0 saturated heterocycles. The van der Waals surface area contributed by atoms with Gasteiger partial charge >= 0.3 is 12.1 Å². The summed E-state index contributed by atoms with van der Waals surface area (Å²) in [5.74, 6) is -2.67. The molecule has 9 heteroatoms. The van der Waals surface area contributed by atoms with E-state index in [1.807, 2.05) is 0 Å². The summed E-state index contributed by atoms with van der Waals surface area (Å²) in [5.41, 5.74) is 0.861. The van der Waals surface area contributed by atoms with Crippen LogP contribution in [0.4, 0.5) is 24.5 Å². The minimum absolute atomic E-state index is 0.106. The van der Waals surface area contributed by atoms with Gasteiger partial charge in [-0.15, -0.1) is 0 Å². The molecule has 0 aromatic heterocycles. The van der Waals surface area contributed by atoms with Crippen molar-refractivity contribution in [3.63, 3.8) is 0 Å². The molecular formula is C16H11Cl2F3N2O2. The predicted octanol–water partition coefficient (Wildman–Crippen LogP) is 5.05. The molecule has 0 unspecified atom stereocenters. The van der Waals surface area contributed by atoms with Crippen molar-refractivity contribution in [2.75, 3.05) is 10.6 Å². The Kier molecular flexibility index (Phi) is 5.59. The molecule has 2 amide bonds. The van der Waals surface area contributed by atoms with Crippen LogP contribution in [0.15, 0.2) is 36.4 Å². The second-order valence-corrected chi connectivity index (χ2v) is 5.90. The van der Waals surface area contributed by atoms with Crippen molar-refractivity contribution in [2.24, 2.45) is 0 Å². The van der Waals surface area contributed by atoms with Crippen LogP contribution < -0.4 is 10.6 Å². The third-order valence-electron chi connectivity index (χ3n) is 3.18. The van der Waals surface area contributed by atoms with Gasteiger partial charge in [0.2, 0.25) is 0 Å². The van der Waals surface area contributed by atoms with E-state index >= 15 is 0 Å². The molecule has 132 valence electrons. The van der Waals surface area contributed by atoms with Crippen molar-refractivity contribution in [3.8, 4) is 0 Å². The fourth-order valence-electron chi connectivity index (χ4n) is 1.90. The monoisotopic (exact) mass is 390 g/mol. The van der Waals surface area contributed by atoms with Crippen LogP contribution >= 0.6 is 23.2 Å². The molecule has 0 radical (unpaired) electrons. The van der Waals surface area contributed by atoms with Crippen molar-refractivity contribution in [3.05, 3.63) is 57.6 Å². The highest BCUT2D eigenvalue weighted by Crippen LogP contribution is 2.26. The number of hydrogen-bond donors (Lipinski definition) is 2. The van der Waals surface area contributed by atoms with Crippen molar-refractivity contribution in [1.29, 1.82) is 0 Å². The van der Waals surface area contributed by atoms with Gasteiger partial charge in [-0.2, -0.15) is 13.2 Å². The molecule has 4 nitrogen and oxygen atoms in total. The highest BCUT2D eigenvalue weighted by molar-refractivity contribution is 6.37. The van der Waals surface area contributed by atoms with E-state index in [1.165, 1.54) is 36.4 Å². The Balaban J connectivity index is 2.23. The number of carbonyl (C=O) groups excluding carboxylic acids is 2. The van der Waals surface area contributed by atoms with E-state index in [4.69, 9.17) is 23.2 Å². The van der Waals surface area contributed by atoms with Crippen molar-refractivity contribution >= 4 is 46.4 Å². The van der Waals surface area contributed by atoms with Gasteiger partial charge in [0.05, 0.1) is 10.6 Å². The first-order valence-corrected chi connectivity index (χ1v) is 7.59. The Morgan fingerprint density at radius 1 is 1.00 bits per heavy atom. The number of aryl methyl sites for hydroxylation is 1. The zero-order valence-electron chi connectivity index (χ0n) is 12.7. The number of benzene rings is 2. The number of anilines is 2. The van der Waals surface area contributed by atoms with Gasteiger partial charge in [-0.05, 0) is 42.8 Å². The van der Waals surface area contributed by atoms with E-state index < -0.39 is 18.0 Å². The van der Waals surface area contributed by atoms with Gasteiger partial charge in [0.25, 0.3) is 5.91 Å². The molecule has 0 aliphatic rings. The minimum atomic E-state index is -5.01. The van der Waals surface area contributed by atoms with Crippen LogP contribution in [0, 0.1) is 6.92 Å². The van der Waals surface area contributed by atoms with Gasteiger partial charge in [0.1, 0.15) is 0 Å². The fraction of sp³-hybridized carbons (Fsp3) is 0.125. The molecule has 0 spiro atoms. The number of halogens is 5. The molecule has 2 aromatic rings. The van der Waals surface area contributed by atoms with Gasteiger partial charge < -0.3 is 10.6 Å². The maximum atomic E-state index is 12.3. The number of carbonyl (C=O) groups is 2. The van der Waals surface area contributed by atoms with E-state index in [9.17, 15) is 22.8 Å². The number of rotatable bonds is 3. The topological polar surface area (TPSA) is 58.2 Å². The number of nitrogens with one attached hydrogen (secondary N) is 2. The van der Waals surface area contributed by atoms with Crippen LogP contribution in [0.3, 0.4) is 0 Å². The molecule has 0 heterocycles. The Bertz CT molecular complexity index is 839. The summed E-state index contributed by atoms with van der Waals surface area (Å²) < 4.78 is 36.9. The van der Waals surface area contributed by atoms with Crippen LogP contribution in [0.1, 0.15) is 15.9 Å². The number of hydrogen-bond acceptors (Lipinski definition) is 2. The average molecular weight is 391 g/mol. The third kappa shape index (κ3) is 4.87. The lowest BCUT2D eigenvalue weighted by Crippen LogP contribution is -2.30. The average Bonchev–Trinajstić information content (AvgIpc) is 2.49. The standard InChI is InChI=1S/C16H11Cl2F3N2O2/c1-8-2-4-10(22-15(25)16(19,20)21)7-13(8)23-14(24)11-5-3-9(17)6-12(11)18/h2-7H,1H3,(H,22,25)(H,23,24). The molecule has 0 aliphatic carbocycles. The SMILES string of the molecule is Cc1ccc(NC(=O)C(F)(F)F)cc1NC(=O)c1ccc(Cl)cc1Cl. The van der Waals surface area contributed by atoms with Gasteiger partial charge in [-0.25, -0.2) is 0 Å². The van der Waals surface area contributed by atoms with Crippen LogP contribution in [-0.2, 0) is 4.79 Å². The zero-order chi connectivity index (χ0) is 18.8. The van der Waals surface area contributed by atoms with Crippen LogP contribution in [0.25, 0.3) is 0 Å². The van der Waals surface area contributed by atoms with Gasteiger partial charge in [0, 0.05) is 16.4 Å². The normalized spacial score (nSPS) is 11.1. The van der Waals surface area contributed by atoms with Crippen molar-refractivity contribution < 1.29 is 22.8 Å². The molecular weight excluding hydrogens is 380 g/mol. The second-order valence-electron chi connectivity index (χ2n) is 5.06.